The number of carbonyl (C=O) groups is 1. The van der Waals surface area contributed by atoms with Crippen molar-refractivity contribution in [3.8, 4) is 5.75 Å². The summed E-state index contributed by atoms with van der Waals surface area (Å²) in [4.78, 5) is 13.5. The zero-order chi connectivity index (χ0) is 14.6. The largest absolute Gasteiger partial charge is 0.497 e. The first-order chi connectivity index (χ1) is 8.88. The third kappa shape index (κ3) is 3.70. The van der Waals surface area contributed by atoms with Crippen LogP contribution in [0.25, 0.3) is 0 Å². The van der Waals surface area contributed by atoms with Crippen molar-refractivity contribution in [1.29, 1.82) is 0 Å². The van der Waals surface area contributed by atoms with Gasteiger partial charge in [-0.05, 0) is 37.7 Å². The summed E-state index contributed by atoms with van der Waals surface area (Å²) < 4.78 is 5.22. The van der Waals surface area contributed by atoms with Crippen molar-refractivity contribution in [3.63, 3.8) is 0 Å². The molecule has 0 aliphatic heterocycles. The molecule has 1 rings (SSSR count). The van der Waals surface area contributed by atoms with Crippen LogP contribution in [0.1, 0.15) is 25.5 Å². The number of carboxylic acid groups (broad SMARTS) is 1. The molecule has 1 N–H and O–H groups in total. The standard InChI is InChI=1S/C15H23NO3/c1-10(2)13(15(17)18)14(16(3)4)11-7-6-8-12(9-11)19-5/h6-10,13-14H,1-5H3,(H,17,18). The molecule has 0 aliphatic rings. The second-order valence-electron chi connectivity index (χ2n) is 5.29. The molecule has 1 aromatic rings. The van der Waals surface area contributed by atoms with E-state index in [4.69, 9.17) is 4.74 Å². The van der Waals surface area contributed by atoms with Crippen molar-refractivity contribution >= 4 is 5.97 Å². The van der Waals surface area contributed by atoms with Gasteiger partial charge in [-0.2, -0.15) is 0 Å². The van der Waals surface area contributed by atoms with E-state index in [-0.39, 0.29) is 12.0 Å². The number of hydrogen-bond acceptors (Lipinski definition) is 3. The van der Waals surface area contributed by atoms with E-state index in [1.165, 1.54) is 0 Å². The van der Waals surface area contributed by atoms with Gasteiger partial charge in [0.25, 0.3) is 0 Å². The predicted molar refractivity (Wildman–Crippen MR) is 75.4 cm³/mol. The highest BCUT2D eigenvalue weighted by atomic mass is 16.5. The topological polar surface area (TPSA) is 49.8 Å². The van der Waals surface area contributed by atoms with E-state index < -0.39 is 11.9 Å². The van der Waals surface area contributed by atoms with E-state index in [1.807, 2.05) is 57.1 Å². The summed E-state index contributed by atoms with van der Waals surface area (Å²) in [5, 5.41) is 9.49. The first-order valence-electron chi connectivity index (χ1n) is 6.41. The number of ether oxygens (including phenoxy) is 1. The van der Waals surface area contributed by atoms with Gasteiger partial charge in [-0.15, -0.1) is 0 Å². The van der Waals surface area contributed by atoms with E-state index >= 15 is 0 Å². The molecule has 19 heavy (non-hydrogen) atoms. The Morgan fingerprint density at radius 2 is 1.95 bits per heavy atom. The highest BCUT2D eigenvalue weighted by Gasteiger charge is 2.33. The minimum atomic E-state index is -0.767. The molecule has 2 unspecified atom stereocenters. The number of nitrogens with zero attached hydrogens (tertiary/aromatic N) is 1. The van der Waals surface area contributed by atoms with E-state index in [9.17, 15) is 9.90 Å². The Labute approximate surface area is 115 Å². The SMILES string of the molecule is COc1cccc(C(C(C(=O)O)C(C)C)N(C)C)c1. The van der Waals surface area contributed by atoms with Crippen LogP contribution in [0.2, 0.25) is 0 Å². The quantitative estimate of drug-likeness (QED) is 0.859. The van der Waals surface area contributed by atoms with Crippen LogP contribution in [-0.4, -0.2) is 37.2 Å². The van der Waals surface area contributed by atoms with Crippen LogP contribution in [-0.2, 0) is 4.79 Å². The molecule has 0 fully saturated rings. The Hall–Kier alpha value is -1.55. The van der Waals surface area contributed by atoms with Gasteiger partial charge >= 0.3 is 5.97 Å². The van der Waals surface area contributed by atoms with Gasteiger partial charge in [-0.25, -0.2) is 0 Å². The summed E-state index contributed by atoms with van der Waals surface area (Å²) in [6.07, 6.45) is 0. The zero-order valence-electron chi connectivity index (χ0n) is 12.3. The number of rotatable bonds is 6. The van der Waals surface area contributed by atoms with Crippen LogP contribution in [0.5, 0.6) is 5.75 Å². The molecule has 0 aliphatic carbocycles. The van der Waals surface area contributed by atoms with Crippen LogP contribution < -0.4 is 4.74 Å². The lowest BCUT2D eigenvalue weighted by Gasteiger charge is -2.32. The molecular formula is C15H23NO3. The maximum absolute atomic E-state index is 11.6. The highest BCUT2D eigenvalue weighted by Crippen LogP contribution is 2.33. The summed E-state index contributed by atoms with van der Waals surface area (Å²) >= 11 is 0. The van der Waals surface area contributed by atoms with Gasteiger partial charge in [0.1, 0.15) is 5.75 Å². The summed E-state index contributed by atoms with van der Waals surface area (Å²) in [6.45, 7) is 3.88. The normalized spacial score (nSPS) is 14.5. The lowest BCUT2D eigenvalue weighted by atomic mass is 9.84. The Bertz CT molecular complexity index is 429. The number of carboxylic acids is 1. The maximum Gasteiger partial charge on any atom is 0.308 e. The average Bonchev–Trinajstić information content (AvgIpc) is 2.34. The third-order valence-corrected chi connectivity index (χ3v) is 3.34. The van der Waals surface area contributed by atoms with Gasteiger partial charge in [0.15, 0.2) is 0 Å². The molecule has 106 valence electrons. The summed E-state index contributed by atoms with van der Waals surface area (Å²) in [6, 6.07) is 7.44. The fourth-order valence-electron chi connectivity index (χ4n) is 2.44. The Balaban J connectivity index is 3.22. The molecule has 0 saturated heterocycles. The smallest absolute Gasteiger partial charge is 0.308 e. The van der Waals surface area contributed by atoms with E-state index in [1.54, 1.807) is 7.11 Å². The van der Waals surface area contributed by atoms with Crippen LogP contribution in [0.15, 0.2) is 24.3 Å². The molecule has 2 atom stereocenters. The lowest BCUT2D eigenvalue weighted by Crippen LogP contribution is -2.35. The molecule has 0 radical (unpaired) electrons. The lowest BCUT2D eigenvalue weighted by molar-refractivity contribution is -0.146. The molecule has 0 spiro atoms. The van der Waals surface area contributed by atoms with Crippen LogP contribution in [0, 0.1) is 11.8 Å². The summed E-state index contributed by atoms with van der Waals surface area (Å²) in [7, 11) is 5.42. The number of aliphatic carboxylic acids is 1. The third-order valence-electron chi connectivity index (χ3n) is 3.34. The van der Waals surface area contributed by atoms with Crippen LogP contribution in [0.4, 0.5) is 0 Å². The first-order valence-corrected chi connectivity index (χ1v) is 6.41. The average molecular weight is 265 g/mol. The molecule has 0 heterocycles. The predicted octanol–water partition coefficient (Wildman–Crippen LogP) is 2.65. The minimum absolute atomic E-state index is 0.0519. The van der Waals surface area contributed by atoms with Crippen molar-refractivity contribution < 1.29 is 14.6 Å². The number of methoxy groups -OCH3 is 1. The van der Waals surface area contributed by atoms with Gasteiger partial charge in [0.2, 0.25) is 0 Å². The first kappa shape index (κ1) is 15.5. The van der Waals surface area contributed by atoms with Gasteiger partial charge < -0.3 is 14.7 Å². The minimum Gasteiger partial charge on any atom is -0.497 e. The zero-order valence-corrected chi connectivity index (χ0v) is 12.3. The van der Waals surface area contributed by atoms with Crippen LogP contribution >= 0.6 is 0 Å². The van der Waals surface area contributed by atoms with Gasteiger partial charge in [-0.1, -0.05) is 26.0 Å². The van der Waals surface area contributed by atoms with Crippen molar-refractivity contribution in [2.24, 2.45) is 11.8 Å². The van der Waals surface area contributed by atoms with Gasteiger partial charge in [-0.3, -0.25) is 4.79 Å². The van der Waals surface area contributed by atoms with Crippen molar-refractivity contribution in [1.82, 2.24) is 4.90 Å². The summed E-state index contributed by atoms with van der Waals surface area (Å²) in [5.41, 5.74) is 0.963. The maximum atomic E-state index is 11.6. The molecular weight excluding hydrogens is 242 g/mol. The monoisotopic (exact) mass is 265 g/mol. The number of hydrogen-bond donors (Lipinski definition) is 1. The molecule has 0 saturated carbocycles. The van der Waals surface area contributed by atoms with Crippen molar-refractivity contribution in [2.75, 3.05) is 21.2 Å². The second-order valence-corrected chi connectivity index (χ2v) is 5.29. The Morgan fingerprint density at radius 1 is 1.32 bits per heavy atom. The van der Waals surface area contributed by atoms with E-state index in [0.717, 1.165) is 11.3 Å². The molecule has 0 aromatic heterocycles. The fourth-order valence-corrected chi connectivity index (χ4v) is 2.44. The van der Waals surface area contributed by atoms with Gasteiger partial charge in [0.05, 0.1) is 13.0 Å². The molecule has 4 heteroatoms. The highest BCUT2D eigenvalue weighted by molar-refractivity contribution is 5.71. The van der Waals surface area contributed by atoms with Gasteiger partial charge in [0, 0.05) is 6.04 Å². The fraction of sp³-hybridized carbons (Fsp3) is 0.533. The number of benzene rings is 1. The summed E-state index contributed by atoms with van der Waals surface area (Å²) in [5.74, 6) is -0.424. The molecule has 1 aromatic carbocycles. The van der Waals surface area contributed by atoms with Crippen LogP contribution in [0.3, 0.4) is 0 Å². The van der Waals surface area contributed by atoms with E-state index in [0.29, 0.717) is 0 Å². The second kappa shape index (κ2) is 6.57. The Kier molecular flexibility index (Phi) is 5.36. The molecule has 0 bridgehead atoms. The molecule has 0 amide bonds. The van der Waals surface area contributed by atoms with Crippen molar-refractivity contribution in [2.45, 2.75) is 19.9 Å². The molecule has 4 nitrogen and oxygen atoms in total. The Morgan fingerprint density at radius 3 is 2.37 bits per heavy atom. The van der Waals surface area contributed by atoms with E-state index in [2.05, 4.69) is 0 Å². The van der Waals surface area contributed by atoms with Crippen molar-refractivity contribution in [3.05, 3.63) is 29.8 Å².